The van der Waals surface area contributed by atoms with Crippen LogP contribution in [0.3, 0.4) is 0 Å². The average molecular weight is 246 g/mol. The van der Waals surface area contributed by atoms with Crippen LogP contribution in [-0.4, -0.2) is 11.0 Å². The summed E-state index contributed by atoms with van der Waals surface area (Å²) < 4.78 is 5.76. The number of nitro benzene ring substituents is 1. The second-order valence-electron chi connectivity index (χ2n) is 4.43. The maximum atomic E-state index is 10.7. The highest BCUT2D eigenvalue weighted by Gasteiger charge is 2.18. The van der Waals surface area contributed by atoms with Crippen molar-refractivity contribution in [2.75, 3.05) is 0 Å². The molecule has 0 saturated heterocycles. The van der Waals surface area contributed by atoms with Crippen LogP contribution in [0.15, 0.2) is 18.2 Å². The molecule has 0 amide bonds. The van der Waals surface area contributed by atoms with Crippen molar-refractivity contribution in [1.82, 2.24) is 0 Å². The standard InChI is InChI=1S/C13H14N2O3/c14-9-10-8-12(6-7-13(10)15(16)17)18-11-4-2-1-3-5-11/h6-8,11H,1-5H2. The largest absolute Gasteiger partial charge is 0.490 e. The van der Waals surface area contributed by atoms with E-state index in [1.807, 2.05) is 6.07 Å². The van der Waals surface area contributed by atoms with Crippen LogP contribution in [0.1, 0.15) is 37.7 Å². The Morgan fingerprint density at radius 2 is 2.06 bits per heavy atom. The number of benzene rings is 1. The minimum atomic E-state index is -0.553. The highest BCUT2D eigenvalue weighted by Crippen LogP contribution is 2.27. The minimum absolute atomic E-state index is 0.0494. The van der Waals surface area contributed by atoms with E-state index in [0.717, 1.165) is 25.7 Å². The molecule has 1 aliphatic carbocycles. The van der Waals surface area contributed by atoms with E-state index < -0.39 is 4.92 Å². The quantitative estimate of drug-likeness (QED) is 0.606. The SMILES string of the molecule is N#Cc1cc(OC2CCCCC2)ccc1[N+](=O)[O-]. The molecule has 0 heterocycles. The number of rotatable bonds is 3. The molecule has 1 fully saturated rings. The van der Waals surface area contributed by atoms with E-state index in [4.69, 9.17) is 10.00 Å². The van der Waals surface area contributed by atoms with Gasteiger partial charge in [0, 0.05) is 12.1 Å². The van der Waals surface area contributed by atoms with Crippen LogP contribution < -0.4 is 4.74 Å². The number of hydrogen-bond acceptors (Lipinski definition) is 4. The van der Waals surface area contributed by atoms with Crippen molar-refractivity contribution in [2.45, 2.75) is 38.2 Å². The molecule has 94 valence electrons. The summed E-state index contributed by atoms with van der Waals surface area (Å²) in [6, 6.07) is 6.18. The van der Waals surface area contributed by atoms with Crippen molar-refractivity contribution in [2.24, 2.45) is 0 Å². The van der Waals surface area contributed by atoms with Gasteiger partial charge in [-0.2, -0.15) is 5.26 Å². The highest BCUT2D eigenvalue weighted by molar-refractivity contribution is 5.52. The molecule has 0 bridgehead atoms. The predicted molar refractivity (Wildman–Crippen MR) is 65.3 cm³/mol. The molecule has 1 aromatic carbocycles. The van der Waals surface area contributed by atoms with Crippen molar-refractivity contribution in [3.63, 3.8) is 0 Å². The molecule has 0 unspecified atom stereocenters. The molecule has 0 N–H and O–H groups in total. The minimum Gasteiger partial charge on any atom is -0.490 e. The lowest BCUT2D eigenvalue weighted by Crippen LogP contribution is -2.19. The first kappa shape index (κ1) is 12.4. The first-order valence-corrected chi connectivity index (χ1v) is 6.06. The molecule has 2 rings (SSSR count). The third-order valence-electron chi connectivity index (χ3n) is 3.14. The molecule has 18 heavy (non-hydrogen) atoms. The van der Waals surface area contributed by atoms with Crippen LogP contribution in [0.2, 0.25) is 0 Å². The van der Waals surface area contributed by atoms with Gasteiger partial charge in [0.1, 0.15) is 17.4 Å². The predicted octanol–water partition coefficient (Wildman–Crippen LogP) is 3.18. The van der Waals surface area contributed by atoms with Crippen LogP contribution in [0, 0.1) is 21.4 Å². The molecule has 5 heteroatoms. The maximum absolute atomic E-state index is 10.7. The van der Waals surface area contributed by atoms with Crippen molar-refractivity contribution in [3.8, 4) is 11.8 Å². The fourth-order valence-electron chi connectivity index (χ4n) is 2.21. The topological polar surface area (TPSA) is 76.2 Å². The second kappa shape index (κ2) is 5.50. The van der Waals surface area contributed by atoms with E-state index in [0.29, 0.717) is 5.75 Å². The lowest BCUT2D eigenvalue weighted by atomic mass is 9.98. The Morgan fingerprint density at radius 1 is 1.33 bits per heavy atom. The molecule has 0 radical (unpaired) electrons. The summed E-state index contributed by atoms with van der Waals surface area (Å²) in [5, 5.41) is 19.6. The van der Waals surface area contributed by atoms with Crippen molar-refractivity contribution in [3.05, 3.63) is 33.9 Å². The van der Waals surface area contributed by atoms with Crippen LogP contribution in [0.5, 0.6) is 5.75 Å². The summed E-state index contributed by atoms with van der Waals surface area (Å²) in [5.41, 5.74) is -0.123. The fourth-order valence-corrected chi connectivity index (χ4v) is 2.21. The second-order valence-corrected chi connectivity index (χ2v) is 4.43. The molecule has 0 aromatic heterocycles. The van der Waals surface area contributed by atoms with E-state index in [1.165, 1.54) is 18.6 Å². The third kappa shape index (κ3) is 2.77. The zero-order valence-electron chi connectivity index (χ0n) is 9.96. The monoisotopic (exact) mass is 246 g/mol. The molecule has 0 aliphatic heterocycles. The Bertz CT molecular complexity index is 487. The zero-order valence-corrected chi connectivity index (χ0v) is 9.96. The van der Waals surface area contributed by atoms with Gasteiger partial charge < -0.3 is 4.74 Å². The Morgan fingerprint density at radius 3 is 2.67 bits per heavy atom. The Balaban J connectivity index is 2.14. The van der Waals surface area contributed by atoms with E-state index in [9.17, 15) is 10.1 Å². The number of ether oxygens (including phenoxy) is 1. The van der Waals surface area contributed by atoms with Gasteiger partial charge in [-0.15, -0.1) is 0 Å². The molecular weight excluding hydrogens is 232 g/mol. The molecular formula is C13H14N2O3. The van der Waals surface area contributed by atoms with Crippen molar-refractivity contribution in [1.29, 1.82) is 5.26 Å². The van der Waals surface area contributed by atoms with Crippen molar-refractivity contribution >= 4 is 5.69 Å². The van der Waals surface area contributed by atoms with Gasteiger partial charge in [-0.3, -0.25) is 10.1 Å². The van der Waals surface area contributed by atoms with E-state index >= 15 is 0 Å². The first-order chi connectivity index (χ1) is 8.70. The molecule has 0 spiro atoms. The number of hydrogen-bond donors (Lipinski definition) is 0. The Kier molecular flexibility index (Phi) is 3.78. The van der Waals surface area contributed by atoms with Crippen molar-refractivity contribution < 1.29 is 9.66 Å². The van der Waals surface area contributed by atoms with Crippen LogP contribution >= 0.6 is 0 Å². The third-order valence-corrected chi connectivity index (χ3v) is 3.14. The summed E-state index contributed by atoms with van der Waals surface area (Å²) in [4.78, 5) is 10.1. The summed E-state index contributed by atoms with van der Waals surface area (Å²) in [6.45, 7) is 0. The van der Waals surface area contributed by atoms with E-state index in [1.54, 1.807) is 6.07 Å². The maximum Gasteiger partial charge on any atom is 0.287 e. The summed E-state index contributed by atoms with van der Waals surface area (Å²) in [6.07, 6.45) is 5.75. The lowest BCUT2D eigenvalue weighted by molar-refractivity contribution is -0.385. The highest BCUT2D eigenvalue weighted by atomic mass is 16.6. The molecule has 0 atom stereocenters. The van der Waals surface area contributed by atoms with E-state index in [2.05, 4.69) is 0 Å². The summed E-state index contributed by atoms with van der Waals surface area (Å²) in [7, 11) is 0. The van der Waals surface area contributed by atoms with E-state index in [-0.39, 0.29) is 17.4 Å². The van der Waals surface area contributed by atoms with Gasteiger partial charge in [-0.1, -0.05) is 6.42 Å². The molecule has 1 aromatic rings. The van der Waals surface area contributed by atoms with Crippen LogP contribution in [-0.2, 0) is 0 Å². The van der Waals surface area contributed by atoms with Gasteiger partial charge in [-0.25, -0.2) is 0 Å². The average Bonchev–Trinajstić information content (AvgIpc) is 2.39. The molecule has 5 nitrogen and oxygen atoms in total. The van der Waals surface area contributed by atoms with Gasteiger partial charge in [0.25, 0.3) is 5.69 Å². The number of nitro groups is 1. The fraction of sp³-hybridized carbons (Fsp3) is 0.462. The summed E-state index contributed by atoms with van der Waals surface area (Å²) >= 11 is 0. The van der Waals surface area contributed by atoms with Gasteiger partial charge >= 0.3 is 0 Å². The zero-order chi connectivity index (χ0) is 13.0. The van der Waals surface area contributed by atoms with Gasteiger partial charge in [0.05, 0.1) is 11.0 Å². The van der Waals surface area contributed by atoms with Gasteiger partial charge in [0.2, 0.25) is 0 Å². The van der Waals surface area contributed by atoms with Gasteiger partial charge in [-0.05, 0) is 31.7 Å². The van der Waals surface area contributed by atoms with Crippen LogP contribution in [0.4, 0.5) is 5.69 Å². The molecule has 1 aliphatic rings. The Labute approximate surface area is 105 Å². The van der Waals surface area contributed by atoms with Gasteiger partial charge in [0.15, 0.2) is 0 Å². The Hall–Kier alpha value is -2.09. The normalized spacial score (nSPS) is 15.9. The number of nitriles is 1. The number of nitrogens with zero attached hydrogens (tertiary/aromatic N) is 2. The first-order valence-electron chi connectivity index (χ1n) is 6.06. The van der Waals surface area contributed by atoms with Crippen LogP contribution in [0.25, 0.3) is 0 Å². The summed E-state index contributed by atoms with van der Waals surface area (Å²) in [5.74, 6) is 0.545. The smallest absolute Gasteiger partial charge is 0.287 e. The molecule has 1 saturated carbocycles. The lowest BCUT2D eigenvalue weighted by Gasteiger charge is -2.22.